The first-order chi connectivity index (χ1) is 6.66. The monoisotopic (exact) mass is 195 g/mol. The lowest BCUT2D eigenvalue weighted by atomic mass is 10.1. The van der Waals surface area contributed by atoms with Gasteiger partial charge in [0.25, 0.3) is 0 Å². The molecule has 0 unspecified atom stereocenters. The largest absolute Gasteiger partial charge is 0.478 e. The van der Waals surface area contributed by atoms with Crippen molar-refractivity contribution in [2.45, 2.75) is 13.3 Å². The quantitative estimate of drug-likeness (QED) is 0.533. The fraction of sp³-hybridized carbons (Fsp3) is 0.444. The van der Waals surface area contributed by atoms with Crippen molar-refractivity contribution in [1.82, 2.24) is 5.01 Å². The molecule has 0 saturated heterocycles. The average Bonchev–Trinajstić information content (AvgIpc) is 2.18. The van der Waals surface area contributed by atoms with Crippen LogP contribution in [-0.4, -0.2) is 42.1 Å². The number of rotatable bonds is 3. The molecule has 76 valence electrons. The Labute approximate surface area is 82.4 Å². The van der Waals surface area contributed by atoms with Crippen molar-refractivity contribution in [3.63, 3.8) is 0 Å². The van der Waals surface area contributed by atoms with Gasteiger partial charge in [-0.05, 0) is 6.92 Å². The molecule has 5 heteroatoms. The van der Waals surface area contributed by atoms with E-state index in [0.717, 1.165) is 0 Å². The Hall–Kier alpha value is -1.65. The zero-order valence-electron chi connectivity index (χ0n) is 8.27. The third kappa shape index (κ3) is 2.18. The van der Waals surface area contributed by atoms with Crippen molar-refractivity contribution >= 4 is 18.4 Å². The lowest BCUT2D eigenvalue weighted by molar-refractivity contribution is -0.132. The molecule has 0 aromatic carbocycles. The van der Waals surface area contributed by atoms with Crippen LogP contribution in [0.5, 0.6) is 0 Å². The van der Waals surface area contributed by atoms with Gasteiger partial charge in [-0.3, -0.25) is 10.0 Å². The summed E-state index contributed by atoms with van der Waals surface area (Å²) < 4.78 is 0. The van der Waals surface area contributed by atoms with Gasteiger partial charge in [0, 0.05) is 32.4 Å². The molecular weight excluding hydrogens is 182 g/mol. The number of nitrogens with zero attached hydrogens (tertiary/aromatic N) is 3. The third-order valence-corrected chi connectivity index (χ3v) is 1.92. The summed E-state index contributed by atoms with van der Waals surface area (Å²) in [6, 6.07) is 0. The van der Waals surface area contributed by atoms with Gasteiger partial charge < -0.3 is 5.11 Å². The second-order valence-electron chi connectivity index (χ2n) is 2.85. The van der Waals surface area contributed by atoms with Crippen LogP contribution in [0.4, 0.5) is 0 Å². The van der Waals surface area contributed by atoms with Crippen LogP contribution in [0.15, 0.2) is 21.4 Å². The molecule has 0 aromatic rings. The molecule has 0 bridgehead atoms. The van der Waals surface area contributed by atoms with Crippen molar-refractivity contribution in [2.24, 2.45) is 10.1 Å². The smallest absolute Gasteiger partial charge is 0.339 e. The molecule has 1 N–H and O–H groups in total. The maximum Gasteiger partial charge on any atom is 0.339 e. The van der Waals surface area contributed by atoms with Crippen LogP contribution in [0.3, 0.4) is 0 Å². The van der Waals surface area contributed by atoms with Crippen LogP contribution < -0.4 is 0 Å². The highest BCUT2D eigenvalue weighted by Gasteiger charge is 2.18. The van der Waals surface area contributed by atoms with Gasteiger partial charge in [0.2, 0.25) is 0 Å². The predicted molar refractivity (Wildman–Crippen MR) is 54.6 cm³/mol. The van der Waals surface area contributed by atoms with E-state index in [0.29, 0.717) is 18.7 Å². The van der Waals surface area contributed by atoms with E-state index in [9.17, 15) is 4.79 Å². The van der Waals surface area contributed by atoms with E-state index in [4.69, 9.17) is 5.11 Å². The number of hydrogen-bond acceptors (Lipinski definition) is 4. The van der Waals surface area contributed by atoms with E-state index in [2.05, 4.69) is 10.1 Å². The normalized spacial score (nSPS) is 16.4. The minimum atomic E-state index is -0.957. The Balaban J connectivity index is 3.00. The number of carboxylic acid groups (broad SMARTS) is 1. The topological polar surface area (TPSA) is 65.3 Å². The summed E-state index contributed by atoms with van der Waals surface area (Å²) in [5.41, 5.74) is 0.926. The molecule has 0 amide bonds. The lowest BCUT2D eigenvalue weighted by Gasteiger charge is -2.20. The summed E-state index contributed by atoms with van der Waals surface area (Å²) in [5, 5.41) is 14.5. The number of carboxylic acids is 1. The number of hydrazone groups is 1. The van der Waals surface area contributed by atoms with Gasteiger partial charge in [-0.1, -0.05) is 0 Å². The molecule has 0 spiro atoms. The maximum absolute atomic E-state index is 10.8. The number of hydrogen-bond donors (Lipinski definition) is 1. The first kappa shape index (κ1) is 10.4. The fourth-order valence-electron chi connectivity index (χ4n) is 1.29. The first-order valence-electron chi connectivity index (χ1n) is 4.35. The summed E-state index contributed by atoms with van der Waals surface area (Å²) in [7, 11) is 1.73. The van der Waals surface area contributed by atoms with Gasteiger partial charge >= 0.3 is 5.97 Å². The highest BCUT2D eigenvalue weighted by atomic mass is 16.4. The Kier molecular flexibility index (Phi) is 3.39. The van der Waals surface area contributed by atoms with E-state index in [-0.39, 0.29) is 5.57 Å². The molecule has 0 aromatic heterocycles. The van der Waals surface area contributed by atoms with Crippen LogP contribution in [0, 0.1) is 0 Å². The molecule has 1 aliphatic heterocycles. The molecule has 14 heavy (non-hydrogen) atoms. The number of aliphatic carboxylic acids is 1. The molecule has 0 aliphatic carbocycles. The van der Waals surface area contributed by atoms with Crippen molar-refractivity contribution in [1.29, 1.82) is 0 Å². The third-order valence-electron chi connectivity index (χ3n) is 1.92. The molecule has 1 aliphatic rings. The van der Waals surface area contributed by atoms with Crippen LogP contribution >= 0.6 is 0 Å². The lowest BCUT2D eigenvalue weighted by Crippen LogP contribution is -2.21. The summed E-state index contributed by atoms with van der Waals surface area (Å²) in [5.74, 6) is -0.957. The van der Waals surface area contributed by atoms with E-state index in [1.165, 1.54) is 6.21 Å². The maximum atomic E-state index is 10.8. The van der Waals surface area contributed by atoms with Crippen molar-refractivity contribution < 1.29 is 9.90 Å². The predicted octanol–water partition coefficient (Wildman–Crippen LogP) is 0.737. The van der Waals surface area contributed by atoms with Crippen LogP contribution in [-0.2, 0) is 4.79 Å². The standard InChI is InChI=1S/C9H13N3O2/c1-3-11-12(2)8-4-5-10-6-7(8)9(13)14/h3,6H,4-5H2,1-2H3,(H,13,14). The van der Waals surface area contributed by atoms with Crippen molar-refractivity contribution in [3.05, 3.63) is 11.3 Å². The van der Waals surface area contributed by atoms with Gasteiger partial charge in [-0.2, -0.15) is 5.10 Å². The van der Waals surface area contributed by atoms with Gasteiger partial charge in [-0.25, -0.2) is 4.79 Å². The molecule has 1 rings (SSSR count). The van der Waals surface area contributed by atoms with E-state index in [1.807, 2.05) is 0 Å². The molecule has 1 heterocycles. The Morgan fingerprint density at radius 2 is 2.50 bits per heavy atom. The molecular formula is C9H13N3O2. The zero-order chi connectivity index (χ0) is 10.6. The Morgan fingerprint density at radius 3 is 3.07 bits per heavy atom. The summed E-state index contributed by atoms with van der Waals surface area (Å²) in [6.07, 6.45) is 3.63. The summed E-state index contributed by atoms with van der Waals surface area (Å²) in [6.45, 7) is 2.41. The van der Waals surface area contributed by atoms with Crippen LogP contribution in [0.1, 0.15) is 13.3 Å². The average molecular weight is 195 g/mol. The van der Waals surface area contributed by atoms with Crippen LogP contribution in [0.2, 0.25) is 0 Å². The van der Waals surface area contributed by atoms with Crippen LogP contribution in [0.25, 0.3) is 0 Å². The first-order valence-corrected chi connectivity index (χ1v) is 4.35. The number of aliphatic imine (C=N–C) groups is 1. The second kappa shape index (κ2) is 4.55. The minimum absolute atomic E-state index is 0.226. The molecule has 5 nitrogen and oxygen atoms in total. The highest BCUT2D eigenvalue weighted by molar-refractivity contribution is 6.09. The Morgan fingerprint density at radius 1 is 1.79 bits per heavy atom. The molecule has 0 fully saturated rings. The highest BCUT2D eigenvalue weighted by Crippen LogP contribution is 2.16. The van der Waals surface area contributed by atoms with E-state index in [1.54, 1.807) is 25.2 Å². The van der Waals surface area contributed by atoms with Crippen molar-refractivity contribution in [3.8, 4) is 0 Å². The number of carbonyl (C=O) groups is 1. The summed E-state index contributed by atoms with van der Waals surface area (Å²) >= 11 is 0. The van der Waals surface area contributed by atoms with Gasteiger partial charge in [0.1, 0.15) is 0 Å². The van der Waals surface area contributed by atoms with Gasteiger partial charge in [0.15, 0.2) is 0 Å². The fourth-order valence-corrected chi connectivity index (χ4v) is 1.29. The number of dihydropyridines is 1. The van der Waals surface area contributed by atoms with Gasteiger partial charge in [-0.15, -0.1) is 0 Å². The molecule has 0 saturated carbocycles. The van der Waals surface area contributed by atoms with E-state index < -0.39 is 5.97 Å². The SMILES string of the molecule is CC=NN(C)C1=C(C(=O)O)C=NCC1. The van der Waals surface area contributed by atoms with Crippen molar-refractivity contribution in [2.75, 3.05) is 13.6 Å². The molecule has 0 atom stereocenters. The Bertz CT molecular complexity index is 318. The zero-order valence-corrected chi connectivity index (χ0v) is 8.27. The van der Waals surface area contributed by atoms with E-state index >= 15 is 0 Å². The van der Waals surface area contributed by atoms with Gasteiger partial charge in [0.05, 0.1) is 11.3 Å². The summed E-state index contributed by atoms with van der Waals surface area (Å²) in [4.78, 5) is 14.8. The minimum Gasteiger partial charge on any atom is -0.478 e. The molecule has 0 radical (unpaired) electrons. The second-order valence-corrected chi connectivity index (χ2v) is 2.85.